The van der Waals surface area contributed by atoms with Crippen molar-refractivity contribution < 1.29 is 32.2 Å². The number of ether oxygens (including phenoxy) is 1. The molecular formula is C21H19F3N2O4. The van der Waals surface area contributed by atoms with Crippen LogP contribution in [0.4, 0.5) is 19.1 Å². The zero-order valence-electron chi connectivity index (χ0n) is 16.2. The summed E-state index contributed by atoms with van der Waals surface area (Å²) in [6, 6.07) is 6.83. The number of rotatable bonds is 6. The monoisotopic (exact) mass is 420 g/mol. The summed E-state index contributed by atoms with van der Waals surface area (Å²) in [6.45, 7) is 1.73. The molecule has 3 aromatic rings. The van der Waals surface area contributed by atoms with E-state index in [1.807, 2.05) is 0 Å². The maximum absolute atomic E-state index is 13.2. The second-order valence-corrected chi connectivity index (χ2v) is 6.43. The number of carbonyl (C=O) groups is 1. The first-order valence-corrected chi connectivity index (χ1v) is 9.04. The van der Waals surface area contributed by atoms with Crippen molar-refractivity contribution in [1.29, 1.82) is 0 Å². The lowest BCUT2D eigenvalue weighted by Gasteiger charge is -2.15. The Morgan fingerprint density at radius 3 is 2.53 bits per heavy atom. The number of nitrogens with one attached hydrogen (secondary N) is 1. The fourth-order valence-electron chi connectivity index (χ4n) is 2.97. The van der Waals surface area contributed by atoms with Gasteiger partial charge in [0.25, 0.3) is 0 Å². The zero-order chi connectivity index (χ0) is 21.9. The highest BCUT2D eigenvalue weighted by atomic mass is 19.4. The van der Waals surface area contributed by atoms with Gasteiger partial charge in [0, 0.05) is 18.0 Å². The second-order valence-electron chi connectivity index (χ2n) is 6.43. The molecule has 0 aliphatic carbocycles. The smallest absolute Gasteiger partial charge is 0.416 e. The molecule has 0 aliphatic heterocycles. The van der Waals surface area contributed by atoms with E-state index in [1.54, 1.807) is 19.1 Å². The number of furan rings is 1. The van der Waals surface area contributed by atoms with Gasteiger partial charge in [-0.05, 0) is 36.2 Å². The Morgan fingerprint density at radius 1 is 1.23 bits per heavy atom. The highest BCUT2D eigenvalue weighted by Gasteiger charge is 2.32. The Hall–Kier alpha value is -3.49. The molecule has 0 spiro atoms. The van der Waals surface area contributed by atoms with Crippen molar-refractivity contribution in [3.63, 3.8) is 0 Å². The van der Waals surface area contributed by atoms with Crippen molar-refractivity contribution >= 4 is 11.9 Å². The Bertz CT molecular complexity index is 1030. The molecule has 9 heteroatoms. The molecule has 0 bridgehead atoms. The maximum atomic E-state index is 13.2. The molecule has 0 radical (unpaired) electrons. The van der Waals surface area contributed by atoms with Crippen LogP contribution in [0, 0.1) is 0 Å². The van der Waals surface area contributed by atoms with Crippen molar-refractivity contribution in [3.8, 4) is 28.2 Å². The first-order valence-electron chi connectivity index (χ1n) is 9.04. The normalized spacial score (nSPS) is 12.4. The van der Waals surface area contributed by atoms with Crippen molar-refractivity contribution in [1.82, 2.24) is 4.98 Å². The highest BCUT2D eigenvalue weighted by molar-refractivity contribution is 5.89. The van der Waals surface area contributed by atoms with Crippen molar-refractivity contribution in [2.75, 3.05) is 12.4 Å². The summed E-state index contributed by atoms with van der Waals surface area (Å²) in [7, 11) is 1.22. The maximum Gasteiger partial charge on any atom is 0.416 e. The average Bonchev–Trinajstić information content (AvgIpc) is 3.07. The minimum atomic E-state index is -4.56. The van der Waals surface area contributed by atoms with Crippen molar-refractivity contribution in [2.24, 2.45) is 0 Å². The summed E-state index contributed by atoms with van der Waals surface area (Å²) in [5, 5.41) is 13.7. The number of nitrogens with zero attached hydrogens (tertiary/aromatic N) is 1. The molecule has 0 saturated carbocycles. The third-order valence-corrected chi connectivity index (χ3v) is 4.50. The van der Waals surface area contributed by atoms with Crippen LogP contribution in [0.15, 0.2) is 53.2 Å². The number of esters is 1. The quantitative estimate of drug-likeness (QED) is 0.540. The van der Waals surface area contributed by atoms with Crippen LogP contribution in [-0.4, -0.2) is 29.2 Å². The molecule has 0 amide bonds. The molecule has 2 N–H and O–H groups in total. The molecular weight excluding hydrogens is 401 g/mol. The van der Waals surface area contributed by atoms with Gasteiger partial charge in [0.15, 0.2) is 11.5 Å². The predicted octanol–water partition coefficient (Wildman–Crippen LogP) is 5.10. The van der Waals surface area contributed by atoms with E-state index in [-0.39, 0.29) is 28.5 Å². The van der Waals surface area contributed by atoms with Crippen LogP contribution in [0.1, 0.15) is 18.9 Å². The summed E-state index contributed by atoms with van der Waals surface area (Å²) in [6.07, 6.45) is -1.27. The fraction of sp³-hybridized carbons (Fsp3) is 0.238. The van der Waals surface area contributed by atoms with Gasteiger partial charge in [-0.3, -0.25) is 4.98 Å². The molecule has 1 atom stereocenters. The average molecular weight is 420 g/mol. The van der Waals surface area contributed by atoms with Gasteiger partial charge in [0.1, 0.15) is 6.04 Å². The molecule has 30 heavy (non-hydrogen) atoms. The lowest BCUT2D eigenvalue weighted by atomic mass is 10.0. The van der Waals surface area contributed by atoms with Crippen molar-refractivity contribution in [3.05, 3.63) is 54.4 Å². The van der Waals surface area contributed by atoms with E-state index in [4.69, 9.17) is 9.15 Å². The van der Waals surface area contributed by atoms with Crippen molar-refractivity contribution in [2.45, 2.75) is 25.6 Å². The first-order chi connectivity index (χ1) is 14.3. The number of pyridine rings is 1. The Balaban J connectivity index is 2.17. The van der Waals surface area contributed by atoms with E-state index in [9.17, 15) is 23.1 Å². The Kier molecular flexibility index (Phi) is 6.00. The lowest BCUT2D eigenvalue weighted by Crippen LogP contribution is -2.29. The predicted molar refractivity (Wildman–Crippen MR) is 104 cm³/mol. The zero-order valence-corrected chi connectivity index (χ0v) is 16.2. The second kappa shape index (κ2) is 8.48. The molecule has 0 saturated heterocycles. The number of halogens is 3. The van der Waals surface area contributed by atoms with Gasteiger partial charge < -0.3 is 19.6 Å². The molecule has 2 heterocycles. The van der Waals surface area contributed by atoms with Crippen LogP contribution in [-0.2, 0) is 15.7 Å². The number of anilines is 1. The molecule has 2 aromatic heterocycles. The van der Waals surface area contributed by atoms with Gasteiger partial charge in [-0.25, -0.2) is 4.79 Å². The number of methoxy groups -OCH3 is 1. The van der Waals surface area contributed by atoms with E-state index in [0.717, 1.165) is 12.1 Å². The third kappa shape index (κ3) is 4.24. The van der Waals surface area contributed by atoms with Gasteiger partial charge in [-0.1, -0.05) is 19.1 Å². The number of carbonyl (C=O) groups excluding carboxylic acids is 1. The molecule has 0 aliphatic rings. The molecule has 1 aromatic carbocycles. The molecule has 0 fully saturated rings. The van der Waals surface area contributed by atoms with Crippen LogP contribution < -0.4 is 5.32 Å². The Morgan fingerprint density at radius 2 is 1.93 bits per heavy atom. The minimum absolute atomic E-state index is 0.00950. The number of hydrogen-bond acceptors (Lipinski definition) is 6. The van der Waals surface area contributed by atoms with Crippen LogP contribution in [0.3, 0.4) is 0 Å². The van der Waals surface area contributed by atoms with Crippen LogP contribution >= 0.6 is 0 Å². The standard InChI is InChI=1S/C21H19F3N2O4/c1-3-15(20(28)29-2)26-19-16(13-5-4-6-14(11-13)21(22,23)24)17(27)18(30-19)12-7-9-25-10-8-12/h4-11,15,26-27H,3H2,1-2H3. The molecule has 1 unspecified atom stereocenters. The number of alkyl halides is 3. The topological polar surface area (TPSA) is 84.6 Å². The van der Waals surface area contributed by atoms with Gasteiger partial charge >= 0.3 is 12.1 Å². The largest absolute Gasteiger partial charge is 0.504 e. The minimum Gasteiger partial charge on any atom is -0.504 e. The van der Waals surface area contributed by atoms with Crippen LogP contribution in [0.25, 0.3) is 22.5 Å². The lowest BCUT2D eigenvalue weighted by molar-refractivity contribution is -0.141. The fourth-order valence-corrected chi connectivity index (χ4v) is 2.97. The number of aromatic hydroxyl groups is 1. The van der Waals surface area contributed by atoms with Gasteiger partial charge in [-0.15, -0.1) is 0 Å². The van der Waals surface area contributed by atoms with E-state index >= 15 is 0 Å². The van der Waals surface area contributed by atoms with Crippen LogP contribution in [0.2, 0.25) is 0 Å². The summed E-state index contributed by atoms with van der Waals surface area (Å²) >= 11 is 0. The van der Waals surface area contributed by atoms with E-state index in [0.29, 0.717) is 12.0 Å². The molecule has 3 rings (SSSR count). The summed E-state index contributed by atoms with van der Waals surface area (Å²) < 4.78 is 50.1. The number of hydrogen-bond donors (Lipinski definition) is 2. The van der Waals surface area contributed by atoms with E-state index in [1.165, 1.54) is 31.6 Å². The summed E-state index contributed by atoms with van der Waals surface area (Å²) in [4.78, 5) is 15.9. The van der Waals surface area contributed by atoms with E-state index in [2.05, 4.69) is 10.3 Å². The van der Waals surface area contributed by atoms with E-state index < -0.39 is 23.8 Å². The number of aromatic nitrogens is 1. The van der Waals surface area contributed by atoms with Crippen LogP contribution in [0.5, 0.6) is 5.75 Å². The third-order valence-electron chi connectivity index (χ3n) is 4.50. The first kappa shape index (κ1) is 21.2. The summed E-state index contributed by atoms with van der Waals surface area (Å²) in [5.74, 6) is -0.945. The van der Waals surface area contributed by atoms with Gasteiger partial charge in [0.05, 0.1) is 18.2 Å². The van der Waals surface area contributed by atoms with Gasteiger partial charge in [-0.2, -0.15) is 13.2 Å². The number of benzene rings is 1. The Labute approximate surface area is 170 Å². The summed E-state index contributed by atoms with van der Waals surface area (Å²) in [5.41, 5.74) is -0.323. The highest BCUT2D eigenvalue weighted by Crippen LogP contribution is 2.47. The molecule has 158 valence electrons. The SMILES string of the molecule is CCC(Nc1oc(-c2ccncc2)c(O)c1-c1cccc(C(F)(F)F)c1)C(=O)OC. The molecule has 6 nitrogen and oxygen atoms in total. The van der Waals surface area contributed by atoms with Gasteiger partial charge in [0.2, 0.25) is 5.88 Å².